The van der Waals surface area contributed by atoms with Gasteiger partial charge in [-0.15, -0.1) is 0 Å². The Hall–Kier alpha value is -2.28. The van der Waals surface area contributed by atoms with Gasteiger partial charge < -0.3 is 19.1 Å². The molecule has 2 atom stereocenters. The first-order valence-electron chi connectivity index (χ1n) is 9.72. The fourth-order valence-electron chi connectivity index (χ4n) is 3.78. The second kappa shape index (κ2) is 7.62. The van der Waals surface area contributed by atoms with Crippen molar-refractivity contribution in [1.29, 1.82) is 0 Å². The van der Waals surface area contributed by atoms with E-state index in [9.17, 15) is 9.59 Å². The Morgan fingerprint density at radius 3 is 2.50 bits per heavy atom. The summed E-state index contributed by atoms with van der Waals surface area (Å²) < 4.78 is 17.1. The van der Waals surface area contributed by atoms with Gasteiger partial charge in [0.15, 0.2) is 0 Å². The van der Waals surface area contributed by atoms with Crippen molar-refractivity contribution in [2.24, 2.45) is 0 Å². The van der Waals surface area contributed by atoms with Crippen molar-refractivity contribution in [3.8, 4) is 0 Å². The molecule has 0 bridgehead atoms. The normalized spacial score (nSPS) is 23.9. The van der Waals surface area contributed by atoms with Crippen molar-refractivity contribution in [2.45, 2.75) is 71.1 Å². The number of rotatable bonds is 2. The van der Waals surface area contributed by atoms with E-state index in [0.717, 1.165) is 5.56 Å². The van der Waals surface area contributed by atoms with Gasteiger partial charge in [0.25, 0.3) is 0 Å². The summed E-state index contributed by atoms with van der Waals surface area (Å²) in [6.45, 7) is 10.4. The van der Waals surface area contributed by atoms with Crippen LogP contribution >= 0.6 is 0 Å². The van der Waals surface area contributed by atoms with Crippen LogP contribution in [0.3, 0.4) is 0 Å². The van der Waals surface area contributed by atoms with Crippen LogP contribution in [0.1, 0.15) is 46.6 Å². The highest BCUT2D eigenvalue weighted by atomic mass is 16.6. The Bertz CT molecular complexity index is 713. The van der Waals surface area contributed by atoms with Crippen molar-refractivity contribution < 1.29 is 23.8 Å². The predicted molar refractivity (Wildman–Crippen MR) is 104 cm³/mol. The van der Waals surface area contributed by atoms with E-state index in [1.54, 1.807) is 9.80 Å². The molecule has 7 heteroatoms. The summed E-state index contributed by atoms with van der Waals surface area (Å²) in [5.74, 6) is 0. The number of likely N-dealkylation sites (tertiary alicyclic amines) is 1. The van der Waals surface area contributed by atoms with Crippen LogP contribution in [0.2, 0.25) is 0 Å². The average molecular weight is 390 g/mol. The number of nitrogens with zero attached hydrogens (tertiary/aromatic N) is 2. The van der Waals surface area contributed by atoms with Gasteiger partial charge in [0.2, 0.25) is 0 Å². The zero-order chi connectivity index (χ0) is 20.5. The molecule has 1 aromatic carbocycles. The molecule has 2 saturated heterocycles. The molecule has 2 fully saturated rings. The van der Waals surface area contributed by atoms with Crippen molar-refractivity contribution in [2.75, 3.05) is 13.1 Å². The van der Waals surface area contributed by atoms with Crippen LogP contribution in [0.5, 0.6) is 0 Å². The Balaban J connectivity index is 1.61. The Kier molecular flexibility index (Phi) is 5.57. The third-order valence-electron chi connectivity index (χ3n) is 4.93. The number of ether oxygens (including phenoxy) is 3. The van der Waals surface area contributed by atoms with Crippen LogP contribution in [0.25, 0.3) is 0 Å². The van der Waals surface area contributed by atoms with E-state index < -0.39 is 11.3 Å². The summed E-state index contributed by atoms with van der Waals surface area (Å²) in [4.78, 5) is 28.5. The topological polar surface area (TPSA) is 68.3 Å². The van der Waals surface area contributed by atoms with Crippen LogP contribution in [0.4, 0.5) is 9.59 Å². The average Bonchev–Trinajstić information content (AvgIpc) is 2.87. The lowest BCUT2D eigenvalue weighted by molar-refractivity contribution is -0.0814. The maximum absolute atomic E-state index is 12.7. The largest absolute Gasteiger partial charge is 0.445 e. The van der Waals surface area contributed by atoms with Crippen molar-refractivity contribution >= 4 is 12.2 Å². The third-order valence-corrected chi connectivity index (χ3v) is 4.93. The van der Waals surface area contributed by atoms with E-state index in [-0.39, 0.29) is 30.9 Å². The molecule has 28 heavy (non-hydrogen) atoms. The van der Waals surface area contributed by atoms with E-state index in [0.29, 0.717) is 19.5 Å². The molecular formula is C21H30N2O5. The van der Waals surface area contributed by atoms with Crippen LogP contribution in [-0.4, -0.2) is 58.5 Å². The molecule has 2 aliphatic rings. The van der Waals surface area contributed by atoms with Gasteiger partial charge in [-0.3, -0.25) is 4.90 Å². The number of benzene rings is 1. The summed E-state index contributed by atoms with van der Waals surface area (Å²) in [7, 11) is 0. The second-order valence-electron chi connectivity index (χ2n) is 8.80. The number of hydrogen-bond acceptors (Lipinski definition) is 5. The van der Waals surface area contributed by atoms with Crippen molar-refractivity contribution in [3.05, 3.63) is 35.9 Å². The fourth-order valence-corrected chi connectivity index (χ4v) is 3.78. The van der Waals surface area contributed by atoms with Gasteiger partial charge in [-0.05, 0) is 46.6 Å². The Labute approximate surface area is 166 Å². The summed E-state index contributed by atoms with van der Waals surface area (Å²) in [5, 5.41) is 0. The van der Waals surface area contributed by atoms with E-state index in [1.165, 1.54) is 0 Å². The second-order valence-corrected chi connectivity index (χ2v) is 8.80. The molecule has 7 nitrogen and oxygen atoms in total. The summed E-state index contributed by atoms with van der Waals surface area (Å²) in [5.41, 5.74) is -0.422. The summed E-state index contributed by atoms with van der Waals surface area (Å²) in [6, 6.07) is 9.46. The summed E-state index contributed by atoms with van der Waals surface area (Å²) in [6.07, 6.45) is -0.390. The van der Waals surface area contributed by atoms with E-state index in [4.69, 9.17) is 14.2 Å². The van der Waals surface area contributed by atoms with Crippen LogP contribution in [-0.2, 0) is 20.8 Å². The Morgan fingerprint density at radius 1 is 1.18 bits per heavy atom. The number of fused-ring (bicyclic) bond motifs is 1. The first-order valence-corrected chi connectivity index (χ1v) is 9.72. The maximum atomic E-state index is 12.7. The molecule has 2 aliphatic heterocycles. The highest BCUT2D eigenvalue weighted by molar-refractivity contribution is 5.71. The quantitative estimate of drug-likeness (QED) is 0.769. The zero-order valence-corrected chi connectivity index (χ0v) is 17.3. The molecule has 2 amide bonds. The fraction of sp³-hybridized carbons (Fsp3) is 0.619. The number of carbonyl (C=O) groups excluding carboxylic acids is 2. The van der Waals surface area contributed by atoms with Crippen molar-refractivity contribution in [3.63, 3.8) is 0 Å². The molecule has 0 saturated carbocycles. The molecular weight excluding hydrogens is 360 g/mol. The minimum atomic E-state index is -0.790. The molecule has 0 spiro atoms. The number of amides is 2. The number of piperidine rings is 1. The van der Waals surface area contributed by atoms with Gasteiger partial charge in [-0.2, -0.15) is 0 Å². The predicted octanol–water partition coefficient (Wildman–Crippen LogP) is 3.77. The molecule has 154 valence electrons. The first kappa shape index (κ1) is 20.5. The van der Waals surface area contributed by atoms with Gasteiger partial charge in [0, 0.05) is 6.54 Å². The number of hydrogen-bond donors (Lipinski definition) is 0. The minimum absolute atomic E-state index is 0.122. The lowest BCUT2D eigenvalue weighted by atomic mass is 10.0. The SMILES string of the molecule is CC(C)(C)OC(=O)N1[C@@H]2CCN(C(=O)OCc3ccccc3)C[C@H]2OC1(C)C. The van der Waals surface area contributed by atoms with Crippen LogP contribution < -0.4 is 0 Å². The maximum Gasteiger partial charge on any atom is 0.412 e. The van der Waals surface area contributed by atoms with Gasteiger partial charge in [0.05, 0.1) is 18.7 Å². The molecule has 0 aromatic heterocycles. The smallest absolute Gasteiger partial charge is 0.412 e. The third kappa shape index (κ3) is 4.58. The molecule has 0 N–H and O–H groups in total. The highest BCUT2D eigenvalue weighted by Gasteiger charge is 2.53. The monoisotopic (exact) mass is 390 g/mol. The molecule has 2 heterocycles. The van der Waals surface area contributed by atoms with E-state index in [2.05, 4.69) is 0 Å². The minimum Gasteiger partial charge on any atom is -0.445 e. The molecule has 0 radical (unpaired) electrons. The van der Waals surface area contributed by atoms with E-state index in [1.807, 2.05) is 65.0 Å². The first-order chi connectivity index (χ1) is 13.1. The number of carbonyl (C=O) groups is 2. The van der Waals surface area contributed by atoms with Gasteiger partial charge in [0.1, 0.15) is 17.9 Å². The Morgan fingerprint density at radius 2 is 1.86 bits per heavy atom. The lowest BCUT2D eigenvalue weighted by Crippen LogP contribution is -2.54. The zero-order valence-electron chi connectivity index (χ0n) is 17.3. The van der Waals surface area contributed by atoms with E-state index >= 15 is 0 Å². The molecule has 3 rings (SSSR count). The lowest BCUT2D eigenvalue weighted by Gasteiger charge is -2.37. The highest BCUT2D eigenvalue weighted by Crippen LogP contribution is 2.37. The van der Waals surface area contributed by atoms with Gasteiger partial charge in [-0.1, -0.05) is 30.3 Å². The van der Waals surface area contributed by atoms with Crippen molar-refractivity contribution in [1.82, 2.24) is 9.80 Å². The van der Waals surface area contributed by atoms with Gasteiger partial charge >= 0.3 is 12.2 Å². The molecule has 0 unspecified atom stereocenters. The summed E-state index contributed by atoms with van der Waals surface area (Å²) >= 11 is 0. The van der Waals surface area contributed by atoms with Crippen LogP contribution in [0.15, 0.2) is 30.3 Å². The molecule has 1 aromatic rings. The van der Waals surface area contributed by atoms with Crippen LogP contribution in [0, 0.1) is 0 Å². The standard InChI is InChI=1S/C21H30N2O5/c1-20(2,3)28-19(25)23-16-11-12-22(13-17(16)27-21(23,4)5)18(24)26-14-15-9-7-6-8-10-15/h6-10,16-17H,11-14H2,1-5H3/t16-,17-/m1/s1. The molecule has 0 aliphatic carbocycles. The van der Waals surface area contributed by atoms with Gasteiger partial charge in [-0.25, -0.2) is 9.59 Å².